The van der Waals surface area contributed by atoms with Gasteiger partial charge in [-0.15, -0.1) is 0 Å². The summed E-state index contributed by atoms with van der Waals surface area (Å²) in [6, 6.07) is 9.49. The second-order valence-corrected chi connectivity index (χ2v) is 5.00. The van der Waals surface area contributed by atoms with Gasteiger partial charge in [0.25, 0.3) is 0 Å². The van der Waals surface area contributed by atoms with Crippen molar-refractivity contribution in [1.82, 2.24) is 15.6 Å². The number of hydrogen-bond donors (Lipinski definition) is 3. The number of pyridine rings is 1. The van der Waals surface area contributed by atoms with Gasteiger partial charge in [-0.25, -0.2) is 4.79 Å². The summed E-state index contributed by atoms with van der Waals surface area (Å²) in [4.78, 5) is 16.1. The Hall–Kier alpha value is -2.14. The third kappa shape index (κ3) is 4.43. The first kappa shape index (κ1) is 15.3. The molecule has 0 aliphatic heterocycles. The topological polar surface area (TPSA) is 74.2 Å². The maximum absolute atomic E-state index is 11.7. The summed E-state index contributed by atoms with van der Waals surface area (Å²) in [6.07, 6.45) is 2.84. The van der Waals surface area contributed by atoms with Crippen LogP contribution >= 0.6 is 0 Å². The molecule has 3 N–H and O–H groups in total. The van der Waals surface area contributed by atoms with Crippen LogP contribution < -0.4 is 10.6 Å². The van der Waals surface area contributed by atoms with E-state index in [0.717, 1.165) is 22.9 Å². The van der Waals surface area contributed by atoms with E-state index in [1.165, 1.54) is 0 Å². The largest absolute Gasteiger partial charge is 0.391 e. The highest BCUT2D eigenvalue weighted by Gasteiger charge is 2.07. The maximum atomic E-state index is 11.7. The molecule has 0 radical (unpaired) electrons. The standard InChI is InChI=1S/C16H21N3O2/c1-2-5-14(20)11-19-16(21)18-10-13-7-3-6-12-8-4-9-17-15(12)13/h3-4,6-9,14,20H,2,5,10-11H2,1H3,(H2,18,19,21). The molecule has 0 bridgehead atoms. The third-order valence-corrected chi connectivity index (χ3v) is 3.28. The summed E-state index contributed by atoms with van der Waals surface area (Å²) in [5.41, 5.74) is 1.86. The molecule has 0 aliphatic rings. The van der Waals surface area contributed by atoms with E-state index in [2.05, 4.69) is 15.6 Å². The zero-order valence-electron chi connectivity index (χ0n) is 12.2. The summed E-state index contributed by atoms with van der Waals surface area (Å²) < 4.78 is 0. The van der Waals surface area contributed by atoms with Crippen LogP contribution in [-0.4, -0.2) is 28.8 Å². The number of aromatic nitrogens is 1. The van der Waals surface area contributed by atoms with Gasteiger partial charge in [0.05, 0.1) is 11.6 Å². The van der Waals surface area contributed by atoms with E-state index < -0.39 is 6.10 Å². The third-order valence-electron chi connectivity index (χ3n) is 3.28. The molecule has 0 saturated heterocycles. The average Bonchev–Trinajstić information content (AvgIpc) is 2.51. The van der Waals surface area contributed by atoms with Crippen LogP contribution in [-0.2, 0) is 6.54 Å². The molecule has 112 valence electrons. The van der Waals surface area contributed by atoms with Gasteiger partial charge in [0.2, 0.25) is 0 Å². The SMILES string of the molecule is CCCC(O)CNC(=O)NCc1cccc2cccnc12. The molecule has 5 heteroatoms. The highest BCUT2D eigenvalue weighted by Crippen LogP contribution is 2.15. The van der Waals surface area contributed by atoms with Crippen LogP contribution in [0.5, 0.6) is 0 Å². The predicted molar refractivity (Wildman–Crippen MR) is 82.9 cm³/mol. The highest BCUT2D eigenvalue weighted by atomic mass is 16.3. The lowest BCUT2D eigenvalue weighted by Crippen LogP contribution is -2.39. The molecular formula is C16H21N3O2. The fourth-order valence-electron chi connectivity index (χ4n) is 2.19. The lowest BCUT2D eigenvalue weighted by Gasteiger charge is -2.12. The molecule has 0 aliphatic carbocycles. The number of amides is 2. The fraction of sp³-hybridized carbons (Fsp3) is 0.375. The van der Waals surface area contributed by atoms with Crippen molar-refractivity contribution in [2.24, 2.45) is 0 Å². The van der Waals surface area contributed by atoms with Crippen LogP contribution in [0.25, 0.3) is 10.9 Å². The van der Waals surface area contributed by atoms with Crippen molar-refractivity contribution in [2.75, 3.05) is 6.54 Å². The Morgan fingerprint density at radius 3 is 2.90 bits per heavy atom. The number of rotatable bonds is 6. The molecule has 2 aromatic rings. The van der Waals surface area contributed by atoms with Gasteiger partial charge in [0.1, 0.15) is 0 Å². The number of hydrogen-bond acceptors (Lipinski definition) is 3. The maximum Gasteiger partial charge on any atom is 0.315 e. The number of aliphatic hydroxyl groups is 1. The van der Waals surface area contributed by atoms with Gasteiger partial charge in [0, 0.05) is 24.7 Å². The molecule has 1 unspecified atom stereocenters. The zero-order valence-corrected chi connectivity index (χ0v) is 12.2. The van der Waals surface area contributed by atoms with E-state index in [0.29, 0.717) is 13.0 Å². The molecule has 2 rings (SSSR count). The van der Waals surface area contributed by atoms with Crippen molar-refractivity contribution in [3.05, 3.63) is 42.1 Å². The molecule has 2 amide bonds. The molecular weight excluding hydrogens is 266 g/mol. The fourth-order valence-corrected chi connectivity index (χ4v) is 2.19. The van der Waals surface area contributed by atoms with Crippen LogP contribution in [0.2, 0.25) is 0 Å². The molecule has 1 atom stereocenters. The highest BCUT2D eigenvalue weighted by molar-refractivity contribution is 5.82. The van der Waals surface area contributed by atoms with Gasteiger partial charge in [-0.1, -0.05) is 37.6 Å². The minimum atomic E-state index is -0.486. The van der Waals surface area contributed by atoms with Crippen LogP contribution in [0.15, 0.2) is 36.5 Å². The summed E-state index contributed by atoms with van der Waals surface area (Å²) in [5, 5.41) is 16.1. The first-order valence-corrected chi connectivity index (χ1v) is 7.23. The Morgan fingerprint density at radius 1 is 1.29 bits per heavy atom. The number of carbonyl (C=O) groups excluding carboxylic acids is 1. The van der Waals surface area contributed by atoms with E-state index in [9.17, 15) is 9.90 Å². The molecule has 0 fully saturated rings. The summed E-state index contributed by atoms with van der Waals surface area (Å²) in [5.74, 6) is 0. The number of benzene rings is 1. The van der Waals surface area contributed by atoms with Crippen molar-refractivity contribution >= 4 is 16.9 Å². The van der Waals surface area contributed by atoms with Crippen LogP contribution in [0.1, 0.15) is 25.3 Å². The number of fused-ring (bicyclic) bond motifs is 1. The van der Waals surface area contributed by atoms with Crippen molar-refractivity contribution in [3.8, 4) is 0 Å². The number of nitrogens with one attached hydrogen (secondary N) is 2. The Labute approximate surface area is 124 Å². The molecule has 5 nitrogen and oxygen atoms in total. The normalized spacial score (nSPS) is 12.1. The number of nitrogens with zero attached hydrogens (tertiary/aromatic N) is 1. The van der Waals surface area contributed by atoms with Crippen LogP contribution in [0, 0.1) is 0 Å². The van der Waals surface area contributed by atoms with Crippen molar-refractivity contribution in [1.29, 1.82) is 0 Å². The first-order chi connectivity index (χ1) is 10.2. The number of urea groups is 1. The zero-order chi connectivity index (χ0) is 15.1. The monoisotopic (exact) mass is 287 g/mol. The summed E-state index contributed by atoms with van der Waals surface area (Å²) >= 11 is 0. The number of carbonyl (C=O) groups is 1. The summed E-state index contributed by atoms with van der Waals surface area (Å²) in [7, 11) is 0. The Morgan fingerprint density at radius 2 is 2.10 bits per heavy atom. The Kier molecular flexibility index (Phi) is 5.51. The van der Waals surface area contributed by atoms with Crippen molar-refractivity contribution in [2.45, 2.75) is 32.4 Å². The number of para-hydroxylation sites is 1. The second-order valence-electron chi connectivity index (χ2n) is 5.00. The van der Waals surface area contributed by atoms with Gasteiger partial charge in [-0.2, -0.15) is 0 Å². The minimum absolute atomic E-state index is 0.271. The second kappa shape index (κ2) is 7.59. The van der Waals surface area contributed by atoms with Crippen LogP contribution in [0.3, 0.4) is 0 Å². The smallest absolute Gasteiger partial charge is 0.315 e. The molecule has 1 heterocycles. The van der Waals surface area contributed by atoms with E-state index in [1.807, 2.05) is 37.3 Å². The van der Waals surface area contributed by atoms with E-state index >= 15 is 0 Å². The lowest BCUT2D eigenvalue weighted by molar-refractivity contribution is 0.160. The number of aliphatic hydroxyl groups excluding tert-OH is 1. The van der Waals surface area contributed by atoms with Gasteiger partial charge < -0.3 is 15.7 Å². The first-order valence-electron chi connectivity index (χ1n) is 7.23. The van der Waals surface area contributed by atoms with Gasteiger partial charge in [-0.05, 0) is 18.1 Å². The van der Waals surface area contributed by atoms with Crippen molar-refractivity contribution in [3.63, 3.8) is 0 Å². The Bertz CT molecular complexity index is 596. The lowest BCUT2D eigenvalue weighted by atomic mass is 10.1. The van der Waals surface area contributed by atoms with Gasteiger partial charge in [0.15, 0.2) is 0 Å². The quantitative estimate of drug-likeness (QED) is 0.762. The van der Waals surface area contributed by atoms with E-state index in [-0.39, 0.29) is 12.6 Å². The molecule has 1 aromatic heterocycles. The molecule has 0 spiro atoms. The molecule has 21 heavy (non-hydrogen) atoms. The summed E-state index contributed by atoms with van der Waals surface area (Å²) in [6.45, 7) is 2.67. The van der Waals surface area contributed by atoms with E-state index in [4.69, 9.17) is 0 Å². The predicted octanol–water partition coefficient (Wildman–Crippen LogP) is 2.19. The Balaban J connectivity index is 1.88. The minimum Gasteiger partial charge on any atom is -0.391 e. The van der Waals surface area contributed by atoms with Crippen molar-refractivity contribution < 1.29 is 9.90 Å². The van der Waals surface area contributed by atoms with Crippen LogP contribution in [0.4, 0.5) is 4.79 Å². The van der Waals surface area contributed by atoms with Gasteiger partial charge >= 0.3 is 6.03 Å². The molecule has 1 aromatic carbocycles. The average molecular weight is 287 g/mol. The van der Waals surface area contributed by atoms with Gasteiger partial charge in [-0.3, -0.25) is 4.98 Å². The van der Waals surface area contributed by atoms with E-state index in [1.54, 1.807) is 6.20 Å². The molecule has 0 saturated carbocycles.